The second-order valence-electron chi connectivity index (χ2n) is 4.96. The molecule has 21 heavy (non-hydrogen) atoms. The summed E-state index contributed by atoms with van der Waals surface area (Å²) in [7, 11) is 1.85. The van der Waals surface area contributed by atoms with Gasteiger partial charge in [-0.15, -0.1) is 11.8 Å². The van der Waals surface area contributed by atoms with Gasteiger partial charge in [-0.1, -0.05) is 6.07 Å². The summed E-state index contributed by atoms with van der Waals surface area (Å²) in [6.45, 7) is 0. The third-order valence-corrected chi connectivity index (χ3v) is 5.06. The van der Waals surface area contributed by atoms with Crippen LogP contribution in [0.15, 0.2) is 33.6 Å². The van der Waals surface area contributed by atoms with Crippen molar-refractivity contribution in [3.63, 3.8) is 0 Å². The first-order chi connectivity index (χ1) is 10.2. The van der Waals surface area contributed by atoms with E-state index in [1.165, 1.54) is 25.0 Å². The summed E-state index contributed by atoms with van der Waals surface area (Å²) >= 11 is 5.12. The Balaban J connectivity index is 1.80. The number of anilines is 1. The second-order valence-corrected chi connectivity index (χ2v) is 6.80. The van der Waals surface area contributed by atoms with Crippen LogP contribution in [0.4, 0.5) is 10.2 Å². The van der Waals surface area contributed by atoms with E-state index in [-0.39, 0.29) is 5.82 Å². The van der Waals surface area contributed by atoms with E-state index in [1.807, 2.05) is 13.1 Å². The topological polar surface area (TPSA) is 37.8 Å². The number of hydrogen-bond donors (Lipinski definition) is 1. The standard InChI is InChI=1S/C15H15BrFN3S/c1-18-15-13(16)14(9-5-6-9)19-12(20-15)8-21-11-4-2-3-10(17)7-11/h2-4,7,9H,5-6,8H2,1H3,(H,18,19,20). The predicted molar refractivity (Wildman–Crippen MR) is 87.2 cm³/mol. The molecule has 2 aromatic rings. The van der Waals surface area contributed by atoms with E-state index in [4.69, 9.17) is 0 Å². The van der Waals surface area contributed by atoms with Gasteiger partial charge in [0.1, 0.15) is 17.5 Å². The van der Waals surface area contributed by atoms with Gasteiger partial charge in [0.15, 0.2) is 0 Å². The molecule has 1 N–H and O–H groups in total. The Hall–Kier alpha value is -1.14. The van der Waals surface area contributed by atoms with Crippen molar-refractivity contribution in [3.05, 3.63) is 46.1 Å². The summed E-state index contributed by atoms with van der Waals surface area (Å²) in [6.07, 6.45) is 2.38. The maximum atomic E-state index is 13.2. The Labute approximate surface area is 135 Å². The lowest BCUT2D eigenvalue weighted by Crippen LogP contribution is -2.04. The Kier molecular flexibility index (Phi) is 4.45. The van der Waals surface area contributed by atoms with E-state index in [9.17, 15) is 4.39 Å². The molecule has 0 spiro atoms. The highest BCUT2D eigenvalue weighted by Crippen LogP contribution is 2.44. The van der Waals surface area contributed by atoms with E-state index < -0.39 is 0 Å². The molecule has 1 aliphatic rings. The summed E-state index contributed by atoms with van der Waals surface area (Å²) in [4.78, 5) is 10.1. The van der Waals surface area contributed by atoms with Gasteiger partial charge >= 0.3 is 0 Å². The molecule has 1 heterocycles. The van der Waals surface area contributed by atoms with Gasteiger partial charge < -0.3 is 5.32 Å². The minimum Gasteiger partial charge on any atom is -0.372 e. The molecule has 3 nitrogen and oxygen atoms in total. The van der Waals surface area contributed by atoms with Crippen molar-refractivity contribution < 1.29 is 4.39 Å². The minimum atomic E-state index is -0.216. The summed E-state index contributed by atoms with van der Waals surface area (Å²) in [5.41, 5.74) is 1.09. The number of benzene rings is 1. The number of nitrogens with one attached hydrogen (secondary N) is 1. The summed E-state index contributed by atoms with van der Waals surface area (Å²) in [5, 5.41) is 3.10. The van der Waals surface area contributed by atoms with Crippen LogP contribution in [0.3, 0.4) is 0 Å². The molecule has 1 fully saturated rings. The van der Waals surface area contributed by atoms with Crippen LogP contribution in [-0.2, 0) is 5.75 Å². The van der Waals surface area contributed by atoms with Gasteiger partial charge in [-0.05, 0) is 47.0 Å². The van der Waals surface area contributed by atoms with Crippen molar-refractivity contribution in [2.24, 2.45) is 0 Å². The molecule has 0 bridgehead atoms. The molecule has 1 saturated carbocycles. The van der Waals surface area contributed by atoms with Crippen LogP contribution in [0.25, 0.3) is 0 Å². The molecule has 0 amide bonds. The number of aromatic nitrogens is 2. The van der Waals surface area contributed by atoms with Gasteiger partial charge in [0.25, 0.3) is 0 Å². The molecule has 3 rings (SSSR count). The summed E-state index contributed by atoms with van der Waals surface area (Å²) in [6, 6.07) is 6.59. The fourth-order valence-electron chi connectivity index (χ4n) is 2.07. The lowest BCUT2D eigenvalue weighted by Gasteiger charge is -2.10. The maximum Gasteiger partial charge on any atom is 0.144 e. The van der Waals surface area contributed by atoms with Crippen molar-refractivity contribution >= 4 is 33.5 Å². The molecule has 6 heteroatoms. The Morgan fingerprint density at radius 2 is 2.19 bits per heavy atom. The molecule has 0 radical (unpaired) electrons. The van der Waals surface area contributed by atoms with Crippen molar-refractivity contribution in [2.75, 3.05) is 12.4 Å². The molecule has 0 unspecified atom stereocenters. The van der Waals surface area contributed by atoms with Crippen LogP contribution in [0.2, 0.25) is 0 Å². The van der Waals surface area contributed by atoms with Crippen molar-refractivity contribution in [2.45, 2.75) is 29.4 Å². The van der Waals surface area contributed by atoms with Crippen LogP contribution in [0.1, 0.15) is 30.3 Å². The van der Waals surface area contributed by atoms with Gasteiger partial charge in [-0.2, -0.15) is 0 Å². The zero-order valence-electron chi connectivity index (χ0n) is 11.6. The molecule has 1 aromatic heterocycles. The largest absolute Gasteiger partial charge is 0.372 e. The monoisotopic (exact) mass is 367 g/mol. The van der Waals surface area contributed by atoms with Crippen molar-refractivity contribution in [1.29, 1.82) is 0 Å². The molecule has 0 atom stereocenters. The Bertz CT molecular complexity index is 661. The third kappa shape index (κ3) is 3.55. The smallest absolute Gasteiger partial charge is 0.144 e. The minimum absolute atomic E-state index is 0.216. The van der Waals surface area contributed by atoms with Gasteiger partial charge in [0.2, 0.25) is 0 Å². The fraction of sp³-hybridized carbons (Fsp3) is 0.333. The average Bonchev–Trinajstić information content (AvgIpc) is 3.31. The number of halogens is 2. The van der Waals surface area contributed by atoms with E-state index in [0.717, 1.165) is 26.7 Å². The number of thioether (sulfide) groups is 1. The number of hydrogen-bond acceptors (Lipinski definition) is 4. The molecular weight excluding hydrogens is 353 g/mol. The normalized spacial score (nSPS) is 14.2. The molecular formula is C15H15BrFN3S. The van der Waals surface area contributed by atoms with Crippen LogP contribution in [-0.4, -0.2) is 17.0 Å². The van der Waals surface area contributed by atoms with E-state index in [0.29, 0.717) is 11.7 Å². The van der Waals surface area contributed by atoms with Gasteiger partial charge in [0, 0.05) is 17.9 Å². The van der Waals surface area contributed by atoms with Gasteiger partial charge in [-0.25, -0.2) is 14.4 Å². The van der Waals surface area contributed by atoms with Crippen LogP contribution >= 0.6 is 27.7 Å². The van der Waals surface area contributed by atoms with Crippen molar-refractivity contribution in [1.82, 2.24) is 9.97 Å². The highest BCUT2D eigenvalue weighted by atomic mass is 79.9. The lowest BCUT2D eigenvalue weighted by molar-refractivity contribution is 0.624. The molecule has 1 aromatic carbocycles. The first kappa shape index (κ1) is 14.8. The molecule has 1 aliphatic carbocycles. The quantitative estimate of drug-likeness (QED) is 0.784. The van der Waals surface area contributed by atoms with Gasteiger partial charge in [0.05, 0.1) is 15.9 Å². The fourth-order valence-corrected chi connectivity index (χ4v) is 3.57. The zero-order chi connectivity index (χ0) is 14.8. The molecule has 0 saturated heterocycles. The molecule has 110 valence electrons. The third-order valence-electron chi connectivity index (χ3n) is 3.29. The predicted octanol–water partition coefficient (Wildman–Crippen LogP) is 4.59. The van der Waals surface area contributed by atoms with Gasteiger partial charge in [-0.3, -0.25) is 0 Å². The van der Waals surface area contributed by atoms with Crippen molar-refractivity contribution in [3.8, 4) is 0 Å². The Morgan fingerprint density at radius 1 is 1.38 bits per heavy atom. The first-order valence-electron chi connectivity index (χ1n) is 6.80. The average molecular weight is 368 g/mol. The van der Waals surface area contributed by atoms with E-state index >= 15 is 0 Å². The SMILES string of the molecule is CNc1nc(CSc2cccc(F)c2)nc(C2CC2)c1Br. The second kappa shape index (κ2) is 6.32. The summed E-state index contributed by atoms with van der Waals surface area (Å²) in [5.74, 6) is 2.56. The first-order valence-corrected chi connectivity index (χ1v) is 8.57. The number of nitrogens with zero attached hydrogens (tertiary/aromatic N) is 2. The highest BCUT2D eigenvalue weighted by Gasteiger charge is 2.29. The van der Waals surface area contributed by atoms with Crippen LogP contribution in [0, 0.1) is 5.82 Å². The van der Waals surface area contributed by atoms with Crippen LogP contribution in [0.5, 0.6) is 0 Å². The maximum absolute atomic E-state index is 13.2. The van der Waals surface area contributed by atoms with Crippen LogP contribution < -0.4 is 5.32 Å². The van der Waals surface area contributed by atoms with E-state index in [2.05, 4.69) is 31.2 Å². The van der Waals surface area contributed by atoms with E-state index in [1.54, 1.807) is 17.8 Å². The lowest BCUT2D eigenvalue weighted by atomic mass is 10.2. The highest BCUT2D eigenvalue weighted by molar-refractivity contribution is 9.10. The Morgan fingerprint density at radius 3 is 2.86 bits per heavy atom. The number of rotatable bonds is 5. The summed E-state index contributed by atoms with van der Waals surface area (Å²) < 4.78 is 14.1. The molecule has 0 aliphatic heterocycles. The zero-order valence-corrected chi connectivity index (χ0v) is 14.0.